The van der Waals surface area contributed by atoms with Crippen molar-refractivity contribution in [2.24, 2.45) is 0 Å². The number of hydrogen-bond acceptors (Lipinski definition) is 9. The maximum absolute atomic E-state index is 13.9. The van der Waals surface area contributed by atoms with E-state index in [1.54, 1.807) is 0 Å². The van der Waals surface area contributed by atoms with Crippen molar-refractivity contribution >= 4 is 44.4 Å². The first-order chi connectivity index (χ1) is 15.8. The van der Waals surface area contributed by atoms with Crippen LogP contribution in [0.25, 0.3) is 21.5 Å². The van der Waals surface area contributed by atoms with Crippen LogP contribution >= 0.6 is 11.3 Å². The normalized spacial score (nSPS) is 15.8. The number of methoxy groups -OCH3 is 1. The zero-order valence-corrected chi connectivity index (χ0v) is 19.4. The molecule has 1 unspecified atom stereocenters. The standard InChI is InChI=1S/C20H22F3N5O3S2/c1-30-5-2-8-33(29)18-16(24)15-13(20(21,22)23)9-14(27-17(15)32-18)12-10-25-19(26-11-12)28-3-6-31-7-4-28/h9-11H,2-8,24H2,1H3. The van der Waals surface area contributed by atoms with Gasteiger partial charge in [-0.1, -0.05) is 11.3 Å². The Bertz CT molecular complexity index is 1110. The summed E-state index contributed by atoms with van der Waals surface area (Å²) in [6.07, 6.45) is -1.28. The first-order valence-corrected chi connectivity index (χ1v) is 12.3. The van der Waals surface area contributed by atoms with Crippen LogP contribution in [0.1, 0.15) is 12.0 Å². The summed E-state index contributed by atoms with van der Waals surface area (Å²) >= 11 is -0.641. The first kappa shape index (κ1) is 24.0. The largest absolute Gasteiger partial charge is 0.611 e. The molecule has 2 N–H and O–H groups in total. The van der Waals surface area contributed by atoms with Crippen LogP contribution in [-0.2, 0) is 26.8 Å². The van der Waals surface area contributed by atoms with Gasteiger partial charge in [0, 0.05) is 44.6 Å². The lowest BCUT2D eigenvalue weighted by molar-refractivity contribution is -0.136. The van der Waals surface area contributed by atoms with Crippen LogP contribution in [0.15, 0.2) is 22.7 Å². The summed E-state index contributed by atoms with van der Waals surface area (Å²) in [6.45, 7) is 2.80. The quantitative estimate of drug-likeness (QED) is 0.388. The molecule has 0 spiro atoms. The molecule has 0 aliphatic carbocycles. The maximum atomic E-state index is 13.9. The second-order valence-corrected chi connectivity index (χ2v) is 10.1. The summed E-state index contributed by atoms with van der Waals surface area (Å²) < 4.78 is 64.9. The summed E-state index contributed by atoms with van der Waals surface area (Å²) in [7, 11) is 1.52. The fourth-order valence-electron chi connectivity index (χ4n) is 3.45. The molecule has 3 aromatic rings. The van der Waals surface area contributed by atoms with Gasteiger partial charge in [0.25, 0.3) is 0 Å². The van der Waals surface area contributed by atoms with Crippen molar-refractivity contribution < 1.29 is 27.2 Å². The lowest BCUT2D eigenvalue weighted by atomic mass is 10.1. The van der Waals surface area contributed by atoms with Gasteiger partial charge in [-0.25, -0.2) is 15.0 Å². The van der Waals surface area contributed by atoms with E-state index in [4.69, 9.17) is 15.2 Å². The minimum Gasteiger partial charge on any atom is -0.611 e. The Morgan fingerprint density at radius 1 is 1.27 bits per heavy atom. The predicted octanol–water partition coefficient (Wildman–Crippen LogP) is 3.34. The topological polar surface area (TPSA) is 109 Å². The molecule has 4 rings (SSSR count). The highest BCUT2D eigenvalue weighted by Crippen LogP contribution is 2.45. The zero-order chi connectivity index (χ0) is 23.6. The van der Waals surface area contributed by atoms with Crippen LogP contribution in [0.4, 0.5) is 24.8 Å². The van der Waals surface area contributed by atoms with Crippen molar-refractivity contribution in [1.29, 1.82) is 0 Å². The molecule has 0 amide bonds. The van der Waals surface area contributed by atoms with Gasteiger partial charge in [-0.2, -0.15) is 13.2 Å². The van der Waals surface area contributed by atoms with Gasteiger partial charge >= 0.3 is 6.18 Å². The Morgan fingerprint density at radius 3 is 2.61 bits per heavy atom. The smallest absolute Gasteiger partial charge is 0.417 e. The molecule has 0 aromatic carbocycles. The van der Waals surface area contributed by atoms with Crippen molar-refractivity contribution in [2.45, 2.75) is 16.8 Å². The fourth-order valence-corrected chi connectivity index (χ4v) is 6.07. The highest BCUT2D eigenvalue weighted by molar-refractivity contribution is 7.93. The molecule has 8 nitrogen and oxygen atoms in total. The minimum absolute atomic E-state index is 0.0707. The molecule has 1 aliphatic heterocycles. The number of anilines is 2. The van der Waals surface area contributed by atoms with Gasteiger partial charge in [-0.15, -0.1) is 0 Å². The Morgan fingerprint density at radius 2 is 1.97 bits per heavy atom. The molecule has 13 heteroatoms. The monoisotopic (exact) mass is 501 g/mol. The summed E-state index contributed by atoms with van der Waals surface area (Å²) in [5.41, 5.74) is 5.39. The number of alkyl halides is 3. The summed E-state index contributed by atoms with van der Waals surface area (Å²) in [5.74, 6) is 0.712. The minimum atomic E-state index is -4.67. The van der Waals surface area contributed by atoms with Crippen LogP contribution in [0.3, 0.4) is 0 Å². The number of hydrogen-bond donors (Lipinski definition) is 1. The van der Waals surface area contributed by atoms with Gasteiger partial charge in [-0.3, -0.25) is 0 Å². The van der Waals surface area contributed by atoms with Crippen molar-refractivity contribution in [1.82, 2.24) is 15.0 Å². The average Bonchev–Trinajstić information content (AvgIpc) is 3.15. The zero-order valence-electron chi connectivity index (χ0n) is 17.7. The Kier molecular flexibility index (Phi) is 7.24. The van der Waals surface area contributed by atoms with Crippen molar-refractivity contribution in [3.8, 4) is 11.3 Å². The molecule has 0 radical (unpaired) electrons. The third-order valence-corrected chi connectivity index (χ3v) is 8.08. The second-order valence-electron chi connectivity index (χ2n) is 7.30. The number of halogens is 3. The number of nitrogen functional groups attached to an aromatic ring is 1. The fraction of sp³-hybridized carbons (Fsp3) is 0.450. The molecule has 1 aliphatic rings. The van der Waals surface area contributed by atoms with Crippen LogP contribution in [0.5, 0.6) is 0 Å². The Labute approximate surface area is 195 Å². The average molecular weight is 502 g/mol. The van der Waals surface area contributed by atoms with E-state index in [9.17, 15) is 17.7 Å². The van der Waals surface area contributed by atoms with E-state index in [0.29, 0.717) is 50.8 Å². The Balaban J connectivity index is 1.72. The third kappa shape index (κ3) is 5.17. The van der Waals surface area contributed by atoms with Crippen molar-refractivity contribution in [2.75, 3.05) is 56.4 Å². The molecule has 1 saturated heterocycles. The summed E-state index contributed by atoms with van der Waals surface area (Å²) in [6, 6.07) is 0.941. The first-order valence-electron chi connectivity index (χ1n) is 10.1. The van der Waals surface area contributed by atoms with Gasteiger partial charge in [-0.05, 0) is 17.2 Å². The van der Waals surface area contributed by atoms with E-state index >= 15 is 0 Å². The molecule has 0 bridgehead atoms. The molecule has 33 heavy (non-hydrogen) atoms. The lowest BCUT2D eigenvalue weighted by Crippen LogP contribution is -2.37. The molecule has 0 saturated carbocycles. The van der Waals surface area contributed by atoms with Crippen LogP contribution in [0, 0.1) is 0 Å². The molecule has 1 fully saturated rings. The van der Waals surface area contributed by atoms with E-state index in [0.717, 1.165) is 17.4 Å². The summed E-state index contributed by atoms with van der Waals surface area (Å²) in [5, 5.41) is -0.225. The van der Waals surface area contributed by atoms with Gasteiger partial charge in [0.15, 0.2) is 0 Å². The maximum Gasteiger partial charge on any atom is 0.417 e. The van der Waals surface area contributed by atoms with Crippen LogP contribution in [0.2, 0.25) is 0 Å². The molecular weight excluding hydrogens is 479 g/mol. The third-order valence-electron chi connectivity index (χ3n) is 5.08. The van der Waals surface area contributed by atoms with E-state index in [1.165, 1.54) is 19.5 Å². The van der Waals surface area contributed by atoms with E-state index in [2.05, 4.69) is 15.0 Å². The highest BCUT2D eigenvalue weighted by Gasteiger charge is 2.37. The number of nitrogens with two attached hydrogens (primary N) is 1. The molecule has 1 atom stereocenters. The number of thiophene rings is 1. The lowest BCUT2D eigenvalue weighted by Gasteiger charge is -2.26. The van der Waals surface area contributed by atoms with Crippen LogP contribution < -0.4 is 10.6 Å². The molecule has 178 valence electrons. The molecule has 4 heterocycles. The summed E-state index contributed by atoms with van der Waals surface area (Å²) in [4.78, 5) is 15.0. The predicted molar refractivity (Wildman–Crippen MR) is 121 cm³/mol. The number of morpholine rings is 1. The van der Waals surface area contributed by atoms with Crippen molar-refractivity contribution in [3.63, 3.8) is 0 Å². The molecular formula is C20H22F3N5O3S2. The van der Waals surface area contributed by atoms with E-state index in [1.807, 2.05) is 4.90 Å². The Hall–Kier alpha value is -2.19. The second kappa shape index (κ2) is 9.97. The number of aromatic nitrogens is 3. The van der Waals surface area contributed by atoms with E-state index < -0.39 is 22.9 Å². The van der Waals surface area contributed by atoms with Gasteiger partial charge in [0.05, 0.1) is 36.5 Å². The molecule has 3 aromatic heterocycles. The number of nitrogens with zero attached hydrogens (tertiary/aromatic N) is 4. The van der Waals surface area contributed by atoms with E-state index in [-0.39, 0.29) is 31.6 Å². The van der Waals surface area contributed by atoms with Gasteiger partial charge in [0.2, 0.25) is 10.2 Å². The van der Waals surface area contributed by atoms with Gasteiger partial charge in [0.1, 0.15) is 16.3 Å². The van der Waals surface area contributed by atoms with Gasteiger partial charge < -0.3 is 24.7 Å². The SMILES string of the molecule is COCCC[S+]([O-])c1sc2nc(-c3cnc(N4CCOCC4)nc3)cc(C(F)(F)F)c2c1N. The number of ether oxygens (including phenoxy) is 2. The van der Waals surface area contributed by atoms with Crippen molar-refractivity contribution in [3.05, 3.63) is 24.0 Å². The highest BCUT2D eigenvalue weighted by atomic mass is 32.2. The number of fused-ring (bicyclic) bond motifs is 1. The number of rotatable bonds is 7. The number of pyridine rings is 1. The van der Waals surface area contributed by atoms with Crippen LogP contribution in [-0.4, -0.2) is 65.3 Å².